The van der Waals surface area contributed by atoms with Gasteiger partial charge in [0.1, 0.15) is 0 Å². The van der Waals surface area contributed by atoms with E-state index in [0.717, 1.165) is 0 Å². The maximum absolute atomic E-state index is 7.65. The highest BCUT2D eigenvalue weighted by molar-refractivity contribution is 7.79. The van der Waals surface area contributed by atoms with Gasteiger partial charge in [-0.25, -0.2) is 0 Å². The van der Waals surface area contributed by atoms with Gasteiger partial charge in [-0.15, -0.1) is 0 Å². The van der Waals surface area contributed by atoms with E-state index in [1.165, 1.54) is 15.9 Å². The number of benzene rings is 3. The van der Waals surface area contributed by atoms with Crippen LogP contribution in [0.1, 0.15) is 1.37 Å². The van der Waals surface area contributed by atoms with Crippen LogP contribution in [0.3, 0.4) is 0 Å². The third-order valence-corrected chi connectivity index (χ3v) is 5.43. The molecule has 3 rings (SSSR count). The molecule has 19 heavy (non-hydrogen) atoms. The van der Waals surface area contributed by atoms with Gasteiger partial charge in [0.05, 0.1) is 1.37 Å². The van der Waals surface area contributed by atoms with Crippen LogP contribution in [0.5, 0.6) is 0 Å². The van der Waals surface area contributed by atoms with Crippen molar-refractivity contribution >= 4 is 23.8 Å². The van der Waals surface area contributed by atoms with E-state index in [1.807, 2.05) is 12.1 Å². The molecule has 3 aromatic carbocycles. The van der Waals surface area contributed by atoms with Crippen molar-refractivity contribution in [2.45, 2.75) is 0 Å². The molecule has 0 atom stereocenters. The second-order valence-electron chi connectivity index (χ2n) is 4.26. The van der Waals surface area contributed by atoms with Gasteiger partial charge in [-0.05, 0) is 23.8 Å². The first-order valence-electron chi connectivity index (χ1n) is 6.81. The first-order chi connectivity index (χ1) is 9.84. The van der Waals surface area contributed by atoms with E-state index in [9.17, 15) is 0 Å². The molecule has 0 aliphatic rings. The average molecular weight is 263 g/mol. The van der Waals surface area contributed by atoms with E-state index in [2.05, 4.69) is 72.8 Å². The smallest absolute Gasteiger partial charge is 0.0622 e. The monoisotopic (exact) mass is 263 g/mol. The first-order valence-corrected chi connectivity index (χ1v) is 7.66. The van der Waals surface area contributed by atoms with Crippen LogP contribution < -0.4 is 15.9 Å². The minimum Gasteiger partial charge on any atom is -0.0622 e. The van der Waals surface area contributed by atoms with Crippen molar-refractivity contribution < 1.29 is 1.37 Å². The van der Waals surface area contributed by atoms with Crippen LogP contribution in [0.2, 0.25) is 0 Å². The van der Waals surface area contributed by atoms with E-state index in [4.69, 9.17) is 1.37 Å². The summed E-state index contributed by atoms with van der Waals surface area (Å²) >= 11 is 0. The Bertz CT molecular complexity index is 623. The molecular formula is C18H15P. The standard InChI is InChI=1S/C18H15P/c1-4-10-16(11-5-1)19(17-12-6-2-7-13-17)18-14-8-3-9-15-18/h1-15H/i1D. The lowest BCUT2D eigenvalue weighted by Crippen LogP contribution is -2.20. The molecule has 0 unspecified atom stereocenters. The molecule has 0 saturated carbocycles. The lowest BCUT2D eigenvalue weighted by Gasteiger charge is -2.18. The molecular weight excluding hydrogens is 247 g/mol. The van der Waals surface area contributed by atoms with Crippen molar-refractivity contribution in [1.29, 1.82) is 0 Å². The third-order valence-electron chi connectivity index (χ3n) is 2.99. The summed E-state index contributed by atoms with van der Waals surface area (Å²) in [5.74, 6) is 0. The normalized spacial score (nSPS) is 11.3. The second kappa shape index (κ2) is 5.82. The van der Waals surface area contributed by atoms with E-state index >= 15 is 0 Å². The molecule has 0 N–H and O–H groups in total. The zero-order valence-electron chi connectivity index (χ0n) is 11.5. The Kier molecular flexibility index (Phi) is 3.36. The molecule has 0 aliphatic carbocycles. The Balaban J connectivity index is 2.11. The molecule has 0 amide bonds. The van der Waals surface area contributed by atoms with E-state index in [-0.39, 0.29) is 0 Å². The van der Waals surface area contributed by atoms with Crippen molar-refractivity contribution in [3.8, 4) is 0 Å². The molecule has 0 heterocycles. The lowest BCUT2D eigenvalue weighted by molar-refractivity contribution is 1.74. The van der Waals surface area contributed by atoms with Crippen LogP contribution in [0.4, 0.5) is 0 Å². The van der Waals surface area contributed by atoms with Gasteiger partial charge in [-0.2, -0.15) is 0 Å². The van der Waals surface area contributed by atoms with Crippen LogP contribution in [0, 0.1) is 0 Å². The highest BCUT2D eigenvalue weighted by Gasteiger charge is 2.14. The van der Waals surface area contributed by atoms with Gasteiger partial charge >= 0.3 is 0 Å². The summed E-state index contributed by atoms with van der Waals surface area (Å²) in [6, 6.07) is 29.7. The predicted molar refractivity (Wildman–Crippen MR) is 85.1 cm³/mol. The molecule has 0 spiro atoms. The van der Waals surface area contributed by atoms with E-state index in [0.29, 0.717) is 6.04 Å². The molecule has 3 aromatic rings. The first kappa shape index (κ1) is 11.0. The molecule has 0 saturated heterocycles. The molecule has 0 radical (unpaired) electrons. The van der Waals surface area contributed by atoms with Crippen LogP contribution in [0.15, 0.2) is 91.0 Å². The third kappa shape index (κ3) is 2.75. The van der Waals surface area contributed by atoms with Gasteiger partial charge in [0, 0.05) is 0 Å². The van der Waals surface area contributed by atoms with Gasteiger partial charge in [-0.3, -0.25) is 0 Å². The molecule has 1 heteroatoms. The topological polar surface area (TPSA) is 0 Å². The quantitative estimate of drug-likeness (QED) is 0.635. The highest BCUT2D eigenvalue weighted by atomic mass is 31.1. The SMILES string of the molecule is [2H]c1ccc(P(c2ccccc2)c2ccccc2)cc1. The Morgan fingerprint density at radius 3 is 1.32 bits per heavy atom. The zero-order valence-corrected chi connectivity index (χ0v) is 11.4. The number of hydrogen-bond donors (Lipinski definition) is 0. The fourth-order valence-electron chi connectivity index (χ4n) is 2.13. The molecule has 0 fully saturated rings. The number of hydrogen-bond acceptors (Lipinski definition) is 0. The number of rotatable bonds is 3. The van der Waals surface area contributed by atoms with Gasteiger partial charge in [0.25, 0.3) is 0 Å². The summed E-state index contributed by atoms with van der Waals surface area (Å²) in [4.78, 5) is 0. The Morgan fingerprint density at radius 1 is 0.526 bits per heavy atom. The molecule has 0 nitrogen and oxygen atoms in total. The minimum absolute atomic E-state index is 0.542. The van der Waals surface area contributed by atoms with Crippen molar-refractivity contribution in [2.75, 3.05) is 0 Å². The fourth-order valence-corrected chi connectivity index (χ4v) is 4.41. The van der Waals surface area contributed by atoms with Crippen molar-refractivity contribution in [2.24, 2.45) is 0 Å². The van der Waals surface area contributed by atoms with Gasteiger partial charge in [-0.1, -0.05) is 91.0 Å². The Labute approximate surface area is 116 Å². The fraction of sp³-hybridized carbons (Fsp3) is 0. The van der Waals surface area contributed by atoms with Gasteiger partial charge in [0.15, 0.2) is 0 Å². The van der Waals surface area contributed by atoms with E-state index < -0.39 is 7.92 Å². The molecule has 92 valence electrons. The highest BCUT2D eigenvalue weighted by Crippen LogP contribution is 2.32. The molecule has 0 bridgehead atoms. The maximum atomic E-state index is 7.65. The summed E-state index contributed by atoms with van der Waals surface area (Å²) in [5, 5.41) is 3.96. The lowest BCUT2D eigenvalue weighted by atomic mass is 10.4. The van der Waals surface area contributed by atoms with Crippen LogP contribution in [-0.2, 0) is 0 Å². The second-order valence-corrected chi connectivity index (χ2v) is 6.48. The van der Waals surface area contributed by atoms with Crippen molar-refractivity contribution in [1.82, 2.24) is 0 Å². The van der Waals surface area contributed by atoms with Crippen molar-refractivity contribution in [3.05, 3.63) is 91.0 Å². The minimum atomic E-state index is -0.542. The van der Waals surface area contributed by atoms with Gasteiger partial charge in [0.2, 0.25) is 0 Å². The van der Waals surface area contributed by atoms with Gasteiger partial charge < -0.3 is 0 Å². The summed E-state index contributed by atoms with van der Waals surface area (Å²) < 4.78 is 7.65. The van der Waals surface area contributed by atoms with Crippen LogP contribution in [-0.4, -0.2) is 0 Å². The van der Waals surface area contributed by atoms with Crippen molar-refractivity contribution in [3.63, 3.8) is 0 Å². The molecule has 0 aliphatic heterocycles. The van der Waals surface area contributed by atoms with Crippen LogP contribution in [0.25, 0.3) is 0 Å². The average Bonchev–Trinajstić information content (AvgIpc) is 2.52. The molecule has 0 aromatic heterocycles. The zero-order chi connectivity index (χ0) is 13.8. The van der Waals surface area contributed by atoms with E-state index in [1.54, 1.807) is 0 Å². The Hall–Kier alpha value is -1.91. The summed E-state index contributed by atoms with van der Waals surface area (Å²) in [7, 11) is -0.542. The van der Waals surface area contributed by atoms with Crippen LogP contribution >= 0.6 is 7.92 Å². The Morgan fingerprint density at radius 2 is 0.895 bits per heavy atom. The summed E-state index contributed by atoms with van der Waals surface area (Å²) in [6.45, 7) is 0. The predicted octanol–water partition coefficient (Wildman–Crippen LogP) is 3.44. The summed E-state index contributed by atoms with van der Waals surface area (Å²) in [6.07, 6.45) is 0. The summed E-state index contributed by atoms with van der Waals surface area (Å²) in [5.41, 5.74) is 0. The maximum Gasteiger partial charge on any atom is 0.0623 e. The largest absolute Gasteiger partial charge is 0.0623 e.